The zero-order valence-corrected chi connectivity index (χ0v) is 5.65. The van der Waals surface area contributed by atoms with E-state index in [9.17, 15) is 10.0 Å². The molecule has 4 heteroatoms. The van der Waals surface area contributed by atoms with Crippen LogP contribution >= 0.6 is 0 Å². The fraction of sp³-hybridized carbons (Fsp3) is 0. The van der Waals surface area contributed by atoms with E-state index in [1.807, 2.05) is 0 Å². The van der Waals surface area contributed by atoms with Gasteiger partial charge >= 0.3 is 0 Å². The average molecular weight is 153 g/mol. The van der Waals surface area contributed by atoms with Crippen molar-refractivity contribution in [1.82, 2.24) is 0 Å². The Hall–Kier alpha value is -1.23. The third-order valence-corrected chi connectivity index (χ3v) is 1.27. The lowest BCUT2D eigenvalue weighted by molar-refractivity contribution is -0.991. The summed E-state index contributed by atoms with van der Waals surface area (Å²) >= 11 is 0. The molecule has 0 fully saturated rings. The topological polar surface area (TPSA) is 64.8 Å². The second-order valence-corrected chi connectivity index (χ2v) is 2.05. The van der Waals surface area contributed by atoms with Gasteiger partial charge in [-0.1, -0.05) is 12.1 Å². The van der Waals surface area contributed by atoms with E-state index >= 15 is 0 Å². The SMILES string of the molecule is O=Cc1cccc([NH+]([O-])O)c1. The van der Waals surface area contributed by atoms with E-state index in [1.54, 1.807) is 6.07 Å². The van der Waals surface area contributed by atoms with Crippen LogP contribution in [0.25, 0.3) is 0 Å². The molecule has 58 valence electrons. The van der Waals surface area contributed by atoms with Gasteiger partial charge in [0.2, 0.25) is 0 Å². The van der Waals surface area contributed by atoms with Gasteiger partial charge in [0, 0.05) is 17.7 Å². The minimum absolute atomic E-state index is 0.134. The second-order valence-electron chi connectivity index (χ2n) is 2.05. The zero-order chi connectivity index (χ0) is 8.27. The van der Waals surface area contributed by atoms with Crippen LogP contribution in [-0.4, -0.2) is 11.5 Å². The maximum atomic E-state index is 10.4. The van der Waals surface area contributed by atoms with Crippen molar-refractivity contribution in [3.8, 4) is 0 Å². The second kappa shape index (κ2) is 3.25. The fourth-order valence-corrected chi connectivity index (χ4v) is 0.745. The largest absolute Gasteiger partial charge is 0.595 e. The van der Waals surface area contributed by atoms with Crippen molar-refractivity contribution in [2.24, 2.45) is 0 Å². The molecule has 0 spiro atoms. The molecule has 1 aromatic rings. The summed E-state index contributed by atoms with van der Waals surface area (Å²) < 4.78 is 0. The maximum Gasteiger partial charge on any atom is 0.164 e. The predicted octanol–water partition coefficient (Wildman–Crippen LogP) is -0.0975. The molecule has 1 aromatic carbocycles. The van der Waals surface area contributed by atoms with Crippen LogP contribution in [0.15, 0.2) is 24.3 Å². The maximum absolute atomic E-state index is 10.4. The smallest absolute Gasteiger partial charge is 0.164 e. The highest BCUT2D eigenvalue weighted by Crippen LogP contribution is 2.02. The lowest BCUT2D eigenvalue weighted by atomic mass is 10.2. The van der Waals surface area contributed by atoms with Crippen LogP contribution in [0.2, 0.25) is 0 Å². The van der Waals surface area contributed by atoms with Gasteiger partial charge < -0.3 is 5.21 Å². The highest BCUT2D eigenvalue weighted by Gasteiger charge is 1.98. The molecule has 11 heavy (non-hydrogen) atoms. The lowest BCUT2D eigenvalue weighted by Crippen LogP contribution is -2.99. The Labute approximate surface area is 63.2 Å². The summed E-state index contributed by atoms with van der Waals surface area (Å²) in [5, 5.41) is 17.8. The number of hydrogen-bond donors (Lipinski definition) is 2. The number of aldehydes is 1. The Bertz CT molecular complexity index is 260. The summed E-state index contributed by atoms with van der Waals surface area (Å²) in [5.41, 5.74) is 0.513. The van der Waals surface area contributed by atoms with Gasteiger partial charge in [-0.15, -0.1) is 0 Å². The van der Waals surface area contributed by atoms with Crippen LogP contribution in [0.5, 0.6) is 0 Å². The first-order valence-electron chi connectivity index (χ1n) is 3.02. The standard InChI is InChI=1S/C7H7NO3/c9-5-6-2-1-3-7(4-6)8(10)11/h1-5,8,10H. The van der Waals surface area contributed by atoms with E-state index in [4.69, 9.17) is 5.21 Å². The van der Waals surface area contributed by atoms with Gasteiger partial charge in [-0.05, 0) is 0 Å². The number of quaternary nitrogens is 1. The normalized spacial score (nSPS) is 12.5. The molecule has 0 saturated heterocycles. The summed E-state index contributed by atoms with van der Waals surface area (Å²) in [6.07, 6.45) is 0.617. The lowest BCUT2D eigenvalue weighted by Gasteiger charge is -2.10. The fourth-order valence-electron chi connectivity index (χ4n) is 0.745. The molecule has 2 N–H and O–H groups in total. The van der Waals surface area contributed by atoms with E-state index < -0.39 is 5.23 Å². The molecule has 0 bridgehead atoms. The number of nitrogens with one attached hydrogen (secondary N) is 1. The summed E-state index contributed by atoms with van der Waals surface area (Å²) in [5.74, 6) is 0. The van der Waals surface area contributed by atoms with Crippen molar-refractivity contribution in [1.29, 1.82) is 0 Å². The highest BCUT2D eigenvalue weighted by atomic mass is 16.8. The van der Waals surface area contributed by atoms with Crippen LogP contribution in [-0.2, 0) is 0 Å². The molecular weight excluding hydrogens is 146 g/mol. The van der Waals surface area contributed by atoms with Crippen LogP contribution < -0.4 is 5.23 Å². The van der Waals surface area contributed by atoms with Gasteiger partial charge in [0.15, 0.2) is 5.69 Å². The van der Waals surface area contributed by atoms with E-state index in [-0.39, 0.29) is 5.69 Å². The Morgan fingerprint density at radius 3 is 2.82 bits per heavy atom. The van der Waals surface area contributed by atoms with Crippen LogP contribution in [0, 0.1) is 5.21 Å². The molecule has 1 unspecified atom stereocenters. The van der Waals surface area contributed by atoms with Gasteiger partial charge in [-0.25, -0.2) is 5.21 Å². The average Bonchev–Trinajstić information content (AvgIpc) is 2.05. The van der Waals surface area contributed by atoms with E-state index in [2.05, 4.69) is 0 Å². The monoisotopic (exact) mass is 153 g/mol. The Kier molecular flexibility index (Phi) is 2.32. The van der Waals surface area contributed by atoms with Crippen LogP contribution in [0.3, 0.4) is 0 Å². The molecule has 0 aliphatic carbocycles. The molecule has 1 atom stereocenters. The third-order valence-electron chi connectivity index (χ3n) is 1.27. The van der Waals surface area contributed by atoms with Crippen molar-refractivity contribution < 1.29 is 15.2 Å². The molecule has 0 aromatic heterocycles. The number of rotatable bonds is 2. The van der Waals surface area contributed by atoms with Crippen molar-refractivity contribution in [3.05, 3.63) is 35.0 Å². The summed E-state index contributed by atoms with van der Waals surface area (Å²) in [7, 11) is 0. The van der Waals surface area contributed by atoms with E-state index in [0.29, 0.717) is 11.8 Å². The number of benzene rings is 1. The van der Waals surface area contributed by atoms with Crippen LogP contribution in [0.1, 0.15) is 10.4 Å². The quantitative estimate of drug-likeness (QED) is 0.460. The van der Waals surface area contributed by atoms with Crippen LogP contribution in [0.4, 0.5) is 5.69 Å². The number of carbonyl (C=O) groups excluding carboxylic acids is 1. The van der Waals surface area contributed by atoms with Gasteiger partial charge in [-0.3, -0.25) is 4.79 Å². The minimum Gasteiger partial charge on any atom is -0.595 e. The van der Waals surface area contributed by atoms with E-state index in [0.717, 1.165) is 0 Å². The first-order valence-corrected chi connectivity index (χ1v) is 3.02. The molecule has 4 nitrogen and oxygen atoms in total. The van der Waals surface area contributed by atoms with Crippen molar-refractivity contribution in [3.63, 3.8) is 0 Å². The molecule has 0 aliphatic heterocycles. The molecule has 0 saturated carbocycles. The first-order chi connectivity index (χ1) is 5.24. The Morgan fingerprint density at radius 1 is 1.55 bits per heavy atom. The van der Waals surface area contributed by atoms with Gasteiger partial charge in [0.25, 0.3) is 0 Å². The van der Waals surface area contributed by atoms with Gasteiger partial charge in [0.1, 0.15) is 6.29 Å². The van der Waals surface area contributed by atoms with Crippen molar-refractivity contribution >= 4 is 12.0 Å². The van der Waals surface area contributed by atoms with E-state index in [1.165, 1.54) is 18.2 Å². The molecule has 0 radical (unpaired) electrons. The summed E-state index contributed by atoms with van der Waals surface area (Å²) in [4.78, 5) is 10.2. The number of hydrogen-bond acceptors (Lipinski definition) is 3. The molecule has 0 heterocycles. The van der Waals surface area contributed by atoms with Gasteiger partial charge in [0.05, 0.1) is 0 Å². The number of carbonyl (C=O) groups is 1. The third kappa shape index (κ3) is 1.84. The minimum atomic E-state index is -1.02. The summed E-state index contributed by atoms with van der Waals surface area (Å²) in [6.45, 7) is 0. The molecule has 0 aliphatic rings. The Balaban J connectivity index is 3.00. The zero-order valence-electron chi connectivity index (χ0n) is 5.65. The molecule has 0 amide bonds. The molecule has 1 rings (SSSR count). The summed E-state index contributed by atoms with van der Waals surface area (Å²) in [6, 6.07) is 5.86. The predicted molar refractivity (Wildman–Crippen MR) is 37.6 cm³/mol. The van der Waals surface area contributed by atoms with Crippen molar-refractivity contribution in [2.45, 2.75) is 0 Å². The highest BCUT2D eigenvalue weighted by molar-refractivity contribution is 5.75. The Morgan fingerprint density at radius 2 is 2.27 bits per heavy atom. The van der Waals surface area contributed by atoms with Crippen molar-refractivity contribution in [2.75, 3.05) is 0 Å². The molecular formula is C7H7NO3. The first kappa shape index (κ1) is 7.87. The van der Waals surface area contributed by atoms with Gasteiger partial charge in [-0.2, -0.15) is 5.23 Å².